The molecule has 0 saturated carbocycles. The van der Waals surface area contributed by atoms with Crippen molar-refractivity contribution in [2.24, 2.45) is 7.05 Å². The first-order valence-electron chi connectivity index (χ1n) is 5.62. The van der Waals surface area contributed by atoms with Crippen LogP contribution in [0.25, 0.3) is 0 Å². The van der Waals surface area contributed by atoms with Crippen molar-refractivity contribution in [1.82, 2.24) is 20.2 Å². The van der Waals surface area contributed by atoms with Crippen LogP contribution in [0.4, 0.5) is 0 Å². The fraction of sp³-hybridized carbons (Fsp3) is 0.455. The van der Waals surface area contributed by atoms with Crippen LogP contribution >= 0.6 is 0 Å². The fourth-order valence-corrected chi connectivity index (χ4v) is 1.53. The topological polar surface area (TPSA) is 113 Å². The van der Waals surface area contributed by atoms with E-state index >= 15 is 0 Å². The minimum absolute atomic E-state index is 0.238. The van der Waals surface area contributed by atoms with E-state index in [4.69, 9.17) is 5.11 Å². The molecule has 104 valence electrons. The zero-order valence-electron chi connectivity index (χ0n) is 10.7. The van der Waals surface area contributed by atoms with E-state index in [1.54, 1.807) is 24.1 Å². The quantitative estimate of drug-likeness (QED) is 0.591. The highest BCUT2D eigenvalue weighted by Gasteiger charge is 2.21. The average molecular weight is 268 g/mol. The normalized spacial score (nSPS) is 11.7. The molecule has 8 heteroatoms. The molecule has 1 aromatic heterocycles. The molecular formula is C11H16N4O4. The molecule has 0 bridgehead atoms. The molecule has 1 aromatic rings. The molecule has 0 spiro atoms. The number of carboxylic acid groups (broad SMARTS) is 1. The Balaban J connectivity index is 2.71. The summed E-state index contributed by atoms with van der Waals surface area (Å²) in [5.74, 6) is -2.05. The number of amides is 2. The van der Waals surface area contributed by atoms with Gasteiger partial charge in [-0.1, -0.05) is 0 Å². The van der Waals surface area contributed by atoms with Crippen molar-refractivity contribution in [3.8, 4) is 0 Å². The van der Waals surface area contributed by atoms with Crippen LogP contribution in [0.3, 0.4) is 0 Å². The number of nitrogens with zero attached hydrogens (tertiary/aromatic N) is 2. The van der Waals surface area contributed by atoms with E-state index in [9.17, 15) is 14.4 Å². The third-order valence-corrected chi connectivity index (χ3v) is 2.44. The van der Waals surface area contributed by atoms with Crippen molar-refractivity contribution in [2.45, 2.75) is 19.4 Å². The Kier molecular flexibility index (Phi) is 5.04. The number of rotatable bonds is 6. The first-order chi connectivity index (χ1) is 8.90. The second-order valence-electron chi connectivity index (χ2n) is 4.06. The molecule has 0 saturated heterocycles. The lowest BCUT2D eigenvalue weighted by Gasteiger charge is -2.17. The van der Waals surface area contributed by atoms with Gasteiger partial charge in [-0.2, -0.15) is 0 Å². The molecule has 8 nitrogen and oxygen atoms in total. The van der Waals surface area contributed by atoms with Gasteiger partial charge in [-0.3, -0.25) is 14.4 Å². The summed E-state index contributed by atoms with van der Waals surface area (Å²) in [4.78, 5) is 37.2. The number of hydrogen-bond donors (Lipinski definition) is 3. The summed E-state index contributed by atoms with van der Waals surface area (Å²) >= 11 is 0. The molecule has 1 atom stereocenters. The van der Waals surface area contributed by atoms with Gasteiger partial charge in [-0.15, -0.1) is 0 Å². The van der Waals surface area contributed by atoms with Crippen molar-refractivity contribution in [1.29, 1.82) is 0 Å². The van der Waals surface area contributed by atoms with Crippen LogP contribution in [0, 0.1) is 0 Å². The highest BCUT2D eigenvalue weighted by atomic mass is 16.4. The van der Waals surface area contributed by atoms with E-state index in [0.717, 1.165) is 5.69 Å². The first kappa shape index (κ1) is 14.7. The van der Waals surface area contributed by atoms with Gasteiger partial charge >= 0.3 is 5.97 Å². The number of carboxylic acids is 1. The highest BCUT2D eigenvalue weighted by molar-refractivity contribution is 5.88. The van der Waals surface area contributed by atoms with Gasteiger partial charge < -0.3 is 20.3 Å². The Labute approximate surface area is 109 Å². The van der Waals surface area contributed by atoms with Crippen LogP contribution in [0.5, 0.6) is 0 Å². The number of carbonyl (C=O) groups is 3. The van der Waals surface area contributed by atoms with Gasteiger partial charge in [-0.05, 0) is 0 Å². The minimum Gasteiger partial charge on any atom is -0.480 e. The monoisotopic (exact) mass is 268 g/mol. The van der Waals surface area contributed by atoms with Crippen molar-refractivity contribution >= 4 is 17.8 Å². The average Bonchev–Trinajstić information content (AvgIpc) is 2.70. The molecule has 0 aliphatic rings. The van der Waals surface area contributed by atoms with Crippen LogP contribution in [0.15, 0.2) is 12.5 Å². The van der Waals surface area contributed by atoms with Crippen molar-refractivity contribution in [2.75, 3.05) is 6.54 Å². The van der Waals surface area contributed by atoms with Crippen molar-refractivity contribution < 1.29 is 19.5 Å². The number of imidazole rings is 1. The van der Waals surface area contributed by atoms with Crippen LogP contribution in [0.1, 0.15) is 12.6 Å². The molecule has 1 unspecified atom stereocenters. The van der Waals surface area contributed by atoms with E-state index in [-0.39, 0.29) is 12.3 Å². The van der Waals surface area contributed by atoms with Gasteiger partial charge in [0.1, 0.15) is 12.6 Å². The van der Waals surface area contributed by atoms with Gasteiger partial charge in [0.25, 0.3) is 0 Å². The molecular weight excluding hydrogens is 252 g/mol. The van der Waals surface area contributed by atoms with Gasteiger partial charge in [-0.25, -0.2) is 4.98 Å². The summed E-state index contributed by atoms with van der Waals surface area (Å²) in [5.41, 5.74) is 0.754. The van der Waals surface area contributed by atoms with Gasteiger partial charge in [0, 0.05) is 32.3 Å². The molecule has 2 amide bonds. The lowest BCUT2D eigenvalue weighted by molar-refractivity contribution is -0.138. The molecule has 0 fully saturated rings. The second kappa shape index (κ2) is 6.53. The van der Waals surface area contributed by atoms with E-state index in [2.05, 4.69) is 15.6 Å². The molecule has 0 aromatic carbocycles. The molecule has 0 aliphatic carbocycles. The fourth-order valence-electron chi connectivity index (χ4n) is 1.53. The van der Waals surface area contributed by atoms with Crippen LogP contribution in [-0.4, -0.2) is 45.0 Å². The standard InChI is InChI=1S/C11H16N4O4/c1-7(16)14-9(11(19)13-5-10(17)18)3-8-4-12-6-15(8)2/h4,6,9H,3,5H2,1-2H3,(H,13,19)(H,14,16)(H,17,18). The lowest BCUT2D eigenvalue weighted by atomic mass is 10.1. The molecule has 1 heterocycles. The summed E-state index contributed by atoms with van der Waals surface area (Å²) in [6.07, 6.45) is 3.40. The Morgan fingerprint density at radius 3 is 2.63 bits per heavy atom. The molecule has 0 radical (unpaired) electrons. The third kappa shape index (κ3) is 4.78. The number of aromatic nitrogens is 2. The number of hydrogen-bond acceptors (Lipinski definition) is 4. The third-order valence-electron chi connectivity index (χ3n) is 2.44. The maximum Gasteiger partial charge on any atom is 0.322 e. The smallest absolute Gasteiger partial charge is 0.322 e. The molecule has 0 aliphatic heterocycles. The van der Waals surface area contributed by atoms with Crippen molar-refractivity contribution in [3.63, 3.8) is 0 Å². The van der Waals surface area contributed by atoms with Gasteiger partial charge in [0.15, 0.2) is 0 Å². The zero-order valence-corrected chi connectivity index (χ0v) is 10.7. The largest absolute Gasteiger partial charge is 0.480 e. The number of aliphatic carboxylic acids is 1. The number of nitrogens with one attached hydrogen (secondary N) is 2. The van der Waals surface area contributed by atoms with E-state index in [0.29, 0.717) is 0 Å². The predicted octanol–water partition coefficient (Wildman–Crippen LogP) is -1.33. The summed E-state index contributed by atoms with van der Waals surface area (Å²) in [5, 5.41) is 13.2. The Morgan fingerprint density at radius 2 is 2.16 bits per heavy atom. The summed E-state index contributed by atoms with van der Waals surface area (Å²) < 4.78 is 1.72. The summed E-state index contributed by atoms with van der Waals surface area (Å²) in [6.45, 7) is 0.807. The van der Waals surface area contributed by atoms with E-state index < -0.39 is 24.5 Å². The summed E-state index contributed by atoms with van der Waals surface area (Å²) in [7, 11) is 1.77. The maximum atomic E-state index is 11.8. The van der Waals surface area contributed by atoms with Crippen LogP contribution < -0.4 is 10.6 Å². The number of aryl methyl sites for hydroxylation is 1. The molecule has 3 N–H and O–H groups in total. The summed E-state index contributed by atoms with van der Waals surface area (Å²) in [6, 6.07) is -0.827. The SMILES string of the molecule is CC(=O)NC(Cc1cncn1C)C(=O)NCC(=O)O. The first-order valence-corrected chi connectivity index (χ1v) is 5.62. The van der Waals surface area contributed by atoms with Crippen LogP contribution in [0.2, 0.25) is 0 Å². The maximum absolute atomic E-state index is 11.8. The second-order valence-corrected chi connectivity index (χ2v) is 4.06. The van der Waals surface area contributed by atoms with Crippen LogP contribution in [-0.2, 0) is 27.9 Å². The van der Waals surface area contributed by atoms with E-state index in [1.807, 2.05) is 0 Å². The van der Waals surface area contributed by atoms with Gasteiger partial charge in [0.05, 0.1) is 6.33 Å². The zero-order chi connectivity index (χ0) is 14.4. The van der Waals surface area contributed by atoms with Gasteiger partial charge in [0.2, 0.25) is 11.8 Å². The Hall–Kier alpha value is -2.38. The minimum atomic E-state index is -1.14. The Morgan fingerprint density at radius 1 is 1.47 bits per heavy atom. The molecule has 19 heavy (non-hydrogen) atoms. The number of carbonyl (C=O) groups excluding carboxylic acids is 2. The van der Waals surface area contributed by atoms with Crippen molar-refractivity contribution in [3.05, 3.63) is 18.2 Å². The van der Waals surface area contributed by atoms with E-state index in [1.165, 1.54) is 6.92 Å². The Bertz CT molecular complexity index is 483. The predicted molar refractivity (Wildman–Crippen MR) is 65.2 cm³/mol. The highest BCUT2D eigenvalue weighted by Crippen LogP contribution is 2.02. The lowest BCUT2D eigenvalue weighted by Crippen LogP contribution is -2.48. The molecule has 1 rings (SSSR count).